The second kappa shape index (κ2) is 6.73. The molecule has 0 N–H and O–H groups in total. The molecule has 1 aliphatic heterocycles. The standard InChI is InChI=1S/C20H18ClN3O/c21-16-9-6-10-17(13-16)24-19(15-7-2-1-3-8-15)18(14-22-24)20(25)23-11-4-5-12-23/h1-3,6-10,13-14H,4-5,11-12H2. The lowest BCUT2D eigenvalue weighted by atomic mass is 10.1. The van der Waals surface area contributed by atoms with E-state index in [1.54, 1.807) is 10.9 Å². The largest absolute Gasteiger partial charge is 0.339 e. The van der Waals surface area contributed by atoms with Crippen molar-refractivity contribution >= 4 is 17.5 Å². The number of likely N-dealkylation sites (tertiary alicyclic amines) is 1. The van der Waals surface area contributed by atoms with E-state index < -0.39 is 0 Å². The van der Waals surface area contributed by atoms with Gasteiger partial charge in [0.05, 0.1) is 23.1 Å². The highest BCUT2D eigenvalue weighted by atomic mass is 35.5. The SMILES string of the molecule is O=C(c1cnn(-c2cccc(Cl)c2)c1-c1ccccc1)N1CCCC1. The van der Waals surface area contributed by atoms with Crippen LogP contribution in [0.5, 0.6) is 0 Å². The Morgan fingerprint density at radius 3 is 2.48 bits per heavy atom. The molecule has 0 spiro atoms. The maximum atomic E-state index is 13.0. The Balaban J connectivity index is 1.86. The van der Waals surface area contributed by atoms with Gasteiger partial charge < -0.3 is 4.90 Å². The van der Waals surface area contributed by atoms with Gasteiger partial charge in [0.1, 0.15) is 0 Å². The van der Waals surface area contributed by atoms with Gasteiger partial charge in [-0.05, 0) is 31.0 Å². The topological polar surface area (TPSA) is 38.1 Å². The number of benzene rings is 2. The van der Waals surface area contributed by atoms with Crippen molar-refractivity contribution in [1.29, 1.82) is 0 Å². The van der Waals surface area contributed by atoms with Crippen LogP contribution in [0.1, 0.15) is 23.2 Å². The zero-order valence-corrected chi connectivity index (χ0v) is 14.5. The number of rotatable bonds is 3. The number of halogens is 1. The summed E-state index contributed by atoms with van der Waals surface area (Å²) >= 11 is 6.15. The maximum absolute atomic E-state index is 13.0. The molecule has 2 aromatic carbocycles. The number of carbonyl (C=O) groups is 1. The lowest BCUT2D eigenvalue weighted by Crippen LogP contribution is -2.27. The van der Waals surface area contributed by atoms with Gasteiger partial charge in [-0.1, -0.05) is 48.0 Å². The molecule has 1 aliphatic rings. The van der Waals surface area contributed by atoms with Crippen LogP contribution in [0, 0.1) is 0 Å². The fourth-order valence-electron chi connectivity index (χ4n) is 3.27. The van der Waals surface area contributed by atoms with Gasteiger partial charge in [0.2, 0.25) is 0 Å². The fraction of sp³-hybridized carbons (Fsp3) is 0.200. The van der Waals surface area contributed by atoms with Crippen molar-refractivity contribution in [1.82, 2.24) is 14.7 Å². The molecule has 25 heavy (non-hydrogen) atoms. The molecule has 4 nitrogen and oxygen atoms in total. The molecule has 126 valence electrons. The lowest BCUT2D eigenvalue weighted by Gasteiger charge is -2.16. The van der Waals surface area contributed by atoms with Crippen molar-refractivity contribution in [2.24, 2.45) is 0 Å². The molecule has 0 aliphatic carbocycles. The highest BCUT2D eigenvalue weighted by Crippen LogP contribution is 2.29. The van der Waals surface area contributed by atoms with Gasteiger partial charge in [0.25, 0.3) is 5.91 Å². The Hall–Kier alpha value is -2.59. The van der Waals surface area contributed by atoms with Gasteiger partial charge in [-0.3, -0.25) is 4.79 Å². The second-order valence-corrected chi connectivity index (χ2v) is 6.60. The minimum atomic E-state index is 0.0460. The summed E-state index contributed by atoms with van der Waals surface area (Å²) in [6, 6.07) is 17.4. The van der Waals surface area contributed by atoms with Gasteiger partial charge >= 0.3 is 0 Å². The minimum Gasteiger partial charge on any atom is -0.339 e. The predicted molar refractivity (Wildman–Crippen MR) is 99.1 cm³/mol. The number of carbonyl (C=O) groups excluding carboxylic acids is 1. The molecule has 5 heteroatoms. The molecule has 0 unspecified atom stereocenters. The number of nitrogens with zero attached hydrogens (tertiary/aromatic N) is 3. The van der Waals surface area contributed by atoms with Gasteiger partial charge in [-0.2, -0.15) is 5.10 Å². The molecule has 0 atom stereocenters. The Morgan fingerprint density at radius 1 is 1.00 bits per heavy atom. The van der Waals surface area contributed by atoms with Gasteiger partial charge in [-0.25, -0.2) is 4.68 Å². The quantitative estimate of drug-likeness (QED) is 0.700. The molecule has 0 saturated carbocycles. The Labute approximate surface area is 151 Å². The average molecular weight is 352 g/mol. The number of amides is 1. The monoisotopic (exact) mass is 351 g/mol. The van der Waals surface area contributed by atoms with Crippen LogP contribution in [-0.4, -0.2) is 33.7 Å². The summed E-state index contributed by atoms with van der Waals surface area (Å²) in [7, 11) is 0. The van der Waals surface area contributed by atoms with Crippen molar-refractivity contribution in [3.8, 4) is 16.9 Å². The Kier molecular flexibility index (Phi) is 4.28. The summed E-state index contributed by atoms with van der Waals surface area (Å²) in [6.07, 6.45) is 3.80. The fourth-order valence-corrected chi connectivity index (χ4v) is 3.46. The van der Waals surface area contributed by atoms with E-state index in [2.05, 4.69) is 5.10 Å². The third-order valence-corrected chi connectivity index (χ3v) is 4.73. The van der Waals surface area contributed by atoms with E-state index in [0.717, 1.165) is 42.9 Å². The molecule has 0 bridgehead atoms. The first-order valence-electron chi connectivity index (χ1n) is 8.43. The first-order valence-corrected chi connectivity index (χ1v) is 8.80. The first-order chi connectivity index (χ1) is 12.2. The molecule has 3 aromatic rings. The van der Waals surface area contributed by atoms with Crippen LogP contribution >= 0.6 is 11.6 Å². The van der Waals surface area contributed by atoms with E-state index in [4.69, 9.17) is 11.6 Å². The highest BCUT2D eigenvalue weighted by Gasteiger charge is 2.26. The van der Waals surface area contributed by atoms with E-state index in [-0.39, 0.29) is 5.91 Å². The van der Waals surface area contributed by atoms with Crippen LogP contribution < -0.4 is 0 Å². The molecule has 1 amide bonds. The predicted octanol–water partition coefficient (Wildman–Crippen LogP) is 4.43. The maximum Gasteiger partial charge on any atom is 0.257 e. The smallest absolute Gasteiger partial charge is 0.257 e. The molecule has 4 rings (SSSR count). The number of aromatic nitrogens is 2. The molecular weight excluding hydrogens is 334 g/mol. The van der Waals surface area contributed by atoms with E-state index in [0.29, 0.717) is 10.6 Å². The zero-order chi connectivity index (χ0) is 17.2. The van der Waals surface area contributed by atoms with Crippen LogP contribution in [0.3, 0.4) is 0 Å². The van der Waals surface area contributed by atoms with Crippen molar-refractivity contribution in [3.63, 3.8) is 0 Å². The summed E-state index contributed by atoms with van der Waals surface area (Å²) in [4.78, 5) is 14.9. The molecule has 0 radical (unpaired) electrons. The molecule has 2 heterocycles. The zero-order valence-electron chi connectivity index (χ0n) is 13.7. The van der Waals surface area contributed by atoms with Crippen LogP contribution in [0.2, 0.25) is 5.02 Å². The summed E-state index contributed by atoms with van der Waals surface area (Å²) < 4.78 is 1.80. The van der Waals surface area contributed by atoms with Crippen LogP contribution in [0.15, 0.2) is 60.8 Å². The molecule has 1 saturated heterocycles. The summed E-state index contributed by atoms with van der Waals surface area (Å²) in [5.74, 6) is 0.0460. The van der Waals surface area contributed by atoms with Gasteiger partial charge in [0.15, 0.2) is 0 Å². The van der Waals surface area contributed by atoms with E-state index >= 15 is 0 Å². The van der Waals surface area contributed by atoms with Crippen LogP contribution in [-0.2, 0) is 0 Å². The first kappa shape index (κ1) is 15.9. The molecular formula is C20H18ClN3O. The minimum absolute atomic E-state index is 0.0460. The summed E-state index contributed by atoms with van der Waals surface area (Å²) in [5, 5.41) is 5.15. The Bertz CT molecular complexity index is 898. The van der Waals surface area contributed by atoms with Gasteiger partial charge in [-0.15, -0.1) is 0 Å². The average Bonchev–Trinajstić information content (AvgIpc) is 3.32. The lowest BCUT2D eigenvalue weighted by molar-refractivity contribution is 0.0793. The van der Waals surface area contributed by atoms with Crippen molar-refractivity contribution in [3.05, 3.63) is 71.4 Å². The van der Waals surface area contributed by atoms with Crippen molar-refractivity contribution in [2.45, 2.75) is 12.8 Å². The van der Waals surface area contributed by atoms with Gasteiger partial charge in [0, 0.05) is 23.7 Å². The third kappa shape index (κ3) is 3.05. The van der Waals surface area contributed by atoms with E-state index in [1.807, 2.05) is 59.5 Å². The normalized spacial score (nSPS) is 14.0. The van der Waals surface area contributed by atoms with Crippen molar-refractivity contribution < 1.29 is 4.79 Å². The second-order valence-electron chi connectivity index (χ2n) is 6.16. The molecule has 1 aromatic heterocycles. The van der Waals surface area contributed by atoms with E-state index in [1.165, 1.54) is 0 Å². The summed E-state index contributed by atoms with van der Waals surface area (Å²) in [5.41, 5.74) is 3.24. The number of hydrogen-bond donors (Lipinski definition) is 0. The Morgan fingerprint density at radius 2 is 1.76 bits per heavy atom. The van der Waals surface area contributed by atoms with Crippen LogP contribution in [0.4, 0.5) is 0 Å². The molecule has 1 fully saturated rings. The van der Waals surface area contributed by atoms with Crippen LogP contribution in [0.25, 0.3) is 16.9 Å². The third-order valence-electron chi connectivity index (χ3n) is 4.49. The van der Waals surface area contributed by atoms with E-state index in [9.17, 15) is 4.79 Å². The number of hydrogen-bond acceptors (Lipinski definition) is 2. The van der Waals surface area contributed by atoms with Crippen molar-refractivity contribution in [2.75, 3.05) is 13.1 Å². The summed E-state index contributed by atoms with van der Waals surface area (Å²) in [6.45, 7) is 1.63. The highest BCUT2D eigenvalue weighted by molar-refractivity contribution is 6.30.